The second kappa shape index (κ2) is 3.92. The van der Waals surface area contributed by atoms with Gasteiger partial charge in [0.15, 0.2) is 0 Å². The summed E-state index contributed by atoms with van der Waals surface area (Å²) in [5.41, 5.74) is 1.30. The van der Waals surface area contributed by atoms with Crippen LogP contribution in [0.25, 0.3) is 0 Å². The van der Waals surface area contributed by atoms with Crippen LogP contribution in [0.4, 0.5) is 0 Å². The molecular weight excluding hydrogens is 241 g/mol. The molecule has 4 heteroatoms. The van der Waals surface area contributed by atoms with Gasteiger partial charge in [0.05, 0.1) is 5.03 Å². The second-order valence-electron chi connectivity index (χ2n) is 2.13. The van der Waals surface area contributed by atoms with Gasteiger partial charge in [-0.15, -0.1) is 0 Å². The second-order valence-corrected chi connectivity index (χ2v) is 3.37. The highest BCUT2D eigenvalue weighted by Gasteiger charge is 2.13. The van der Waals surface area contributed by atoms with Crippen molar-refractivity contribution in [3.8, 4) is 0 Å². The van der Waals surface area contributed by atoms with Crippen LogP contribution in [0.15, 0.2) is 39.0 Å². The minimum Gasteiger partial charge on any atom is -0.399 e. The average molecular weight is 249 g/mol. The van der Waals surface area contributed by atoms with Crippen molar-refractivity contribution in [2.24, 2.45) is 5.16 Å². The summed E-state index contributed by atoms with van der Waals surface area (Å²) in [6, 6.07) is 0. The molecular formula is C8H7BrClNO. The van der Waals surface area contributed by atoms with Crippen LogP contribution in [0.3, 0.4) is 0 Å². The number of halogens is 2. The molecule has 1 aliphatic rings. The van der Waals surface area contributed by atoms with Crippen molar-refractivity contribution in [1.82, 2.24) is 0 Å². The van der Waals surface area contributed by atoms with Gasteiger partial charge in [-0.25, -0.2) is 0 Å². The van der Waals surface area contributed by atoms with Crippen molar-refractivity contribution in [3.05, 3.63) is 33.8 Å². The van der Waals surface area contributed by atoms with E-state index >= 15 is 0 Å². The molecule has 0 atom stereocenters. The number of nitrogens with zero attached hydrogens (tertiary/aromatic N) is 1. The van der Waals surface area contributed by atoms with E-state index in [2.05, 4.69) is 32.5 Å². The quantitative estimate of drug-likeness (QED) is 0.654. The third-order valence-electron chi connectivity index (χ3n) is 1.36. The smallest absolute Gasteiger partial charge is 0.111 e. The first-order valence-corrected chi connectivity index (χ1v) is 4.38. The highest BCUT2D eigenvalue weighted by atomic mass is 79.9. The molecule has 0 spiro atoms. The molecule has 0 bridgehead atoms. The summed E-state index contributed by atoms with van der Waals surface area (Å²) in [5.74, 6) is 0. The molecule has 1 rings (SSSR count). The Bertz CT molecular complexity index is 304. The lowest BCUT2D eigenvalue weighted by molar-refractivity contribution is 0.214. The van der Waals surface area contributed by atoms with E-state index < -0.39 is 0 Å². The molecule has 0 aliphatic heterocycles. The van der Waals surface area contributed by atoms with Crippen LogP contribution in [0.1, 0.15) is 0 Å². The van der Waals surface area contributed by atoms with Crippen LogP contribution in [-0.2, 0) is 4.84 Å². The average Bonchev–Trinajstić information content (AvgIpc) is 2.07. The summed E-state index contributed by atoms with van der Waals surface area (Å²) in [6.45, 7) is 3.76. The molecule has 12 heavy (non-hydrogen) atoms. The minimum atomic E-state index is 0.563. The van der Waals surface area contributed by atoms with E-state index in [1.807, 2.05) is 0 Å². The first kappa shape index (κ1) is 9.55. The Morgan fingerprint density at radius 2 is 2.25 bits per heavy atom. The van der Waals surface area contributed by atoms with Crippen LogP contribution in [0.2, 0.25) is 0 Å². The lowest BCUT2D eigenvalue weighted by Gasteiger charge is -2.09. The topological polar surface area (TPSA) is 21.6 Å². The van der Waals surface area contributed by atoms with Gasteiger partial charge in [-0.1, -0.05) is 23.3 Å². The van der Waals surface area contributed by atoms with E-state index in [-0.39, 0.29) is 0 Å². The lowest BCUT2D eigenvalue weighted by Crippen LogP contribution is -2.03. The fraction of sp³-hybridized carbons (Fsp3) is 0.125. The number of rotatable bonds is 1. The number of allylic oxidation sites excluding steroid dienone is 5. The normalized spacial score (nSPS) is 20.6. The zero-order chi connectivity index (χ0) is 9.14. The van der Waals surface area contributed by atoms with Crippen molar-refractivity contribution >= 4 is 33.2 Å². The molecule has 64 valence electrons. The highest BCUT2D eigenvalue weighted by molar-refractivity contribution is 9.12. The van der Waals surface area contributed by atoms with Gasteiger partial charge >= 0.3 is 0 Å². The molecule has 0 radical (unpaired) electrons. The maximum absolute atomic E-state index is 5.89. The van der Waals surface area contributed by atoms with Crippen LogP contribution in [-0.4, -0.2) is 12.8 Å². The number of hydrogen-bond donors (Lipinski definition) is 0. The van der Waals surface area contributed by atoms with Crippen molar-refractivity contribution < 1.29 is 4.84 Å². The Balaban J connectivity index is 3.01. The molecule has 2 nitrogen and oxygen atoms in total. The number of oxime groups is 1. The molecule has 0 fully saturated rings. The molecule has 0 saturated carbocycles. The van der Waals surface area contributed by atoms with E-state index in [0.717, 1.165) is 4.48 Å². The van der Waals surface area contributed by atoms with Crippen LogP contribution in [0, 0.1) is 0 Å². The fourth-order valence-electron chi connectivity index (χ4n) is 0.766. The summed E-state index contributed by atoms with van der Waals surface area (Å²) >= 11 is 9.17. The number of hydrogen-bond acceptors (Lipinski definition) is 2. The first-order chi connectivity index (χ1) is 5.66. The van der Waals surface area contributed by atoms with Crippen LogP contribution >= 0.6 is 27.5 Å². The largest absolute Gasteiger partial charge is 0.399 e. The van der Waals surface area contributed by atoms with Gasteiger partial charge in [0.2, 0.25) is 0 Å². The standard InChI is InChI=1S/C8H7BrClNO/c1-5-7(11-12-2)4-3-6(9)8(5)10/h3-4H,1H2,2H3/b11-7-. The van der Waals surface area contributed by atoms with Crippen molar-refractivity contribution in [2.75, 3.05) is 7.11 Å². The molecule has 0 amide bonds. The maximum Gasteiger partial charge on any atom is 0.111 e. The van der Waals surface area contributed by atoms with Gasteiger partial charge in [-0.2, -0.15) is 0 Å². The van der Waals surface area contributed by atoms with Gasteiger partial charge in [0.1, 0.15) is 12.8 Å². The molecule has 0 unspecified atom stereocenters. The first-order valence-electron chi connectivity index (χ1n) is 3.21. The van der Waals surface area contributed by atoms with Crippen LogP contribution < -0.4 is 0 Å². The lowest BCUT2D eigenvalue weighted by atomic mass is 10.1. The van der Waals surface area contributed by atoms with E-state index in [4.69, 9.17) is 11.6 Å². The van der Waals surface area contributed by atoms with Crippen LogP contribution in [0.5, 0.6) is 0 Å². The van der Waals surface area contributed by atoms with E-state index in [0.29, 0.717) is 16.3 Å². The molecule has 0 aromatic heterocycles. The Morgan fingerprint density at radius 1 is 1.58 bits per heavy atom. The summed E-state index contributed by atoms with van der Waals surface area (Å²) in [4.78, 5) is 4.61. The SMILES string of the molecule is C=C1C(Cl)=C(Br)C=C/C1=N/OC. The summed E-state index contributed by atoms with van der Waals surface area (Å²) in [6.07, 6.45) is 3.58. The predicted octanol–water partition coefficient (Wildman–Crippen LogP) is 2.96. The molecule has 0 aromatic rings. The third-order valence-corrected chi connectivity index (χ3v) is 2.68. The Labute approximate surface area is 84.4 Å². The Hall–Kier alpha value is -0.540. The Kier molecular flexibility index (Phi) is 3.12. The zero-order valence-corrected chi connectivity index (χ0v) is 8.82. The summed E-state index contributed by atoms with van der Waals surface area (Å²) in [7, 11) is 1.48. The molecule has 0 saturated heterocycles. The van der Waals surface area contributed by atoms with Gasteiger partial charge in [0, 0.05) is 10.1 Å². The zero-order valence-electron chi connectivity index (χ0n) is 6.47. The molecule has 0 heterocycles. The van der Waals surface area contributed by atoms with Gasteiger partial charge in [-0.3, -0.25) is 0 Å². The van der Waals surface area contributed by atoms with Crippen molar-refractivity contribution in [1.29, 1.82) is 0 Å². The van der Waals surface area contributed by atoms with Gasteiger partial charge in [-0.05, 0) is 28.1 Å². The minimum absolute atomic E-state index is 0.563. The van der Waals surface area contributed by atoms with E-state index in [1.165, 1.54) is 7.11 Å². The van der Waals surface area contributed by atoms with Crippen molar-refractivity contribution in [2.45, 2.75) is 0 Å². The maximum atomic E-state index is 5.89. The monoisotopic (exact) mass is 247 g/mol. The predicted molar refractivity (Wildman–Crippen MR) is 54.5 cm³/mol. The third kappa shape index (κ3) is 1.79. The Morgan fingerprint density at radius 3 is 2.83 bits per heavy atom. The molecule has 1 aliphatic carbocycles. The van der Waals surface area contributed by atoms with E-state index in [9.17, 15) is 0 Å². The molecule has 0 N–H and O–H groups in total. The van der Waals surface area contributed by atoms with E-state index in [1.54, 1.807) is 12.2 Å². The van der Waals surface area contributed by atoms with Gasteiger partial charge in [0.25, 0.3) is 0 Å². The molecule has 0 aromatic carbocycles. The van der Waals surface area contributed by atoms with Gasteiger partial charge < -0.3 is 4.84 Å². The fourth-order valence-corrected chi connectivity index (χ4v) is 1.30. The summed E-state index contributed by atoms with van der Waals surface area (Å²) < 4.78 is 0.809. The van der Waals surface area contributed by atoms with Crippen molar-refractivity contribution in [3.63, 3.8) is 0 Å². The highest BCUT2D eigenvalue weighted by Crippen LogP contribution is 2.28. The summed E-state index contributed by atoms with van der Waals surface area (Å²) in [5, 5.41) is 4.30.